The van der Waals surface area contributed by atoms with E-state index in [2.05, 4.69) is 30.8 Å². The van der Waals surface area contributed by atoms with Gasteiger partial charge in [0.1, 0.15) is 0 Å². The summed E-state index contributed by atoms with van der Waals surface area (Å²) in [7, 11) is 0. The van der Waals surface area contributed by atoms with E-state index in [1.54, 1.807) is 0 Å². The molecule has 0 saturated carbocycles. The average molecular weight is 252 g/mol. The fourth-order valence-electron chi connectivity index (χ4n) is 1.54. The molecule has 0 aromatic heterocycles. The van der Waals surface area contributed by atoms with Crippen molar-refractivity contribution in [2.75, 3.05) is 0 Å². The summed E-state index contributed by atoms with van der Waals surface area (Å²) in [6, 6.07) is 5.81. The fraction of sp³-hybridized carbons (Fsp3) is 0.538. The van der Waals surface area contributed by atoms with Crippen LogP contribution in [0.5, 0.6) is 0 Å². The predicted octanol–water partition coefficient (Wildman–Crippen LogP) is 5.13. The molecule has 0 aliphatic carbocycles. The summed E-state index contributed by atoms with van der Waals surface area (Å²) in [6.07, 6.45) is 2.03. The van der Waals surface area contributed by atoms with Crippen LogP contribution in [0.2, 0.25) is 5.02 Å². The van der Waals surface area contributed by atoms with Gasteiger partial charge in [0.15, 0.2) is 0 Å². The van der Waals surface area contributed by atoms with E-state index in [0.717, 1.165) is 29.0 Å². The average Bonchev–Trinajstić information content (AvgIpc) is 2.25. The molecule has 0 aliphatic rings. The van der Waals surface area contributed by atoms with Gasteiger partial charge in [-0.2, -0.15) is 0 Å². The maximum Gasteiger partial charge on any atom is 0.0511 e. The third-order valence-corrected chi connectivity index (χ3v) is 2.94. The van der Waals surface area contributed by atoms with Gasteiger partial charge in [-0.3, -0.25) is 0 Å². The highest BCUT2D eigenvalue weighted by Gasteiger charge is 2.11. The molecule has 0 unspecified atom stereocenters. The molecule has 0 aliphatic heterocycles. The smallest absolute Gasteiger partial charge is 0.0511 e. The van der Waals surface area contributed by atoms with E-state index in [4.69, 9.17) is 17.1 Å². The van der Waals surface area contributed by atoms with Crippen LogP contribution >= 0.6 is 11.6 Å². The molecule has 1 rings (SSSR count). The van der Waals surface area contributed by atoms with E-state index in [-0.39, 0.29) is 0 Å². The highest BCUT2D eigenvalue weighted by molar-refractivity contribution is 6.31. The second kappa shape index (κ2) is 5.95. The zero-order valence-corrected chi connectivity index (χ0v) is 11.3. The Morgan fingerprint density at radius 3 is 2.65 bits per heavy atom. The van der Waals surface area contributed by atoms with E-state index in [1.165, 1.54) is 0 Å². The standard InChI is InChI=1S/C13H18ClN3/c1-13(2,3)7-6-11-8-10(9-16-17-15)4-5-12(11)14/h4-5,8H,6-7,9H2,1-3H3. The molecule has 0 N–H and O–H groups in total. The summed E-state index contributed by atoms with van der Waals surface area (Å²) in [6.45, 7) is 7.02. The van der Waals surface area contributed by atoms with Crippen LogP contribution in [-0.4, -0.2) is 0 Å². The summed E-state index contributed by atoms with van der Waals surface area (Å²) in [4.78, 5) is 2.76. The molecular weight excluding hydrogens is 234 g/mol. The van der Waals surface area contributed by atoms with Gasteiger partial charge < -0.3 is 0 Å². The van der Waals surface area contributed by atoms with E-state index < -0.39 is 0 Å². The number of hydrogen-bond donors (Lipinski definition) is 0. The minimum Gasteiger partial charge on any atom is -0.0893 e. The Kier molecular flexibility index (Phi) is 4.86. The number of benzene rings is 1. The van der Waals surface area contributed by atoms with Crippen LogP contribution in [0.4, 0.5) is 0 Å². The second-order valence-corrected chi connectivity index (χ2v) is 5.78. The zero-order chi connectivity index (χ0) is 12.9. The molecule has 92 valence electrons. The lowest BCUT2D eigenvalue weighted by Gasteiger charge is -2.18. The van der Waals surface area contributed by atoms with Crippen LogP contribution in [-0.2, 0) is 13.0 Å². The van der Waals surface area contributed by atoms with E-state index in [9.17, 15) is 0 Å². The second-order valence-electron chi connectivity index (χ2n) is 5.38. The van der Waals surface area contributed by atoms with Gasteiger partial charge in [-0.15, -0.1) is 0 Å². The van der Waals surface area contributed by atoms with Crippen molar-refractivity contribution in [3.8, 4) is 0 Å². The molecule has 3 nitrogen and oxygen atoms in total. The first-order valence-corrected chi connectivity index (χ1v) is 6.08. The highest BCUT2D eigenvalue weighted by atomic mass is 35.5. The van der Waals surface area contributed by atoms with Gasteiger partial charge in [-0.25, -0.2) is 0 Å². The van der Waals surface area contributed by atoms with Crippen LogP contribution in [0.25, 0.3) is 10.4 Å². The minimum absolute atomic E-state index is 0.296. The van der Waals surface area contributed by atoms with Crippen molar-refractivity contribution in [3.05, 3.63) is 44.8 Å². The van der Waals surface area contributed by atoms with Gasteiger partial charge >= 0.3 is 0 Å². The first-order chi connectivity index (χ1) is 7.92. The number of aryl methyl sites for hydroxylation is 1. The normalized spacial score (nSPS) is 11.1. The molecule has 0 fully saturated rings. The van der Waals surface area contributed by atoms with Crippen LogP contribution < -0.4 is 0 Å². The summed E-state index contributed by atoms with van der Waals surface area (Å²) in [5, 5.41) is 4.35. The molecule has 1 aromatic rings. The molecule has 0 heterocycles. The molecule has 1 aromatic carbocycles. The molecule has 4 heteroatoms. The van der Waals surface area contributed by atoms with Gasteiger partial charge in [-0.05, 0) is 41.0 Å². The largest absolute Gasteiger partial charge is 0.0893 e. The van der Waals surface area contributed by atoms with Gasteiger partial charge in [0.25, 0.3) is 0 Å². The predicted molar refractivity (Wildman–Crippen MR) is 72.1 cm³/mol. The van der Waals surface area contributed by atoms with E-state index in [0.29, 0.717) is 12.0 Å². The Labute approximate surface area is 107 Å². The summed E-state index contributed by atoms with van der Waals surface area (Å²) in [5.74, 6) is 0. The number of halogens is 1. The Bertz CT molecular complexity index is 429. The zero-order valence-electron chi connectivity index (χ0n) is 10.6. The number of nitrogens with zero attached hydrogens (tertiary/aromatic N) is 3. The van der Waals surface area contributed by atoms with Crippen molar-refractivity contribution in [1.29, 1.82) is 0 Å². The van der Waals surface area contributed by atoms with Gasteiger partial charge in [0.05, 0.1) is 6.54 Å². The molecule has 0 saturated heterocycles. The molecular formula is C13H18ClN3. The SMILES string of the molecule is CC(C)(C)CCc1cc(CN=[N+]=[N-])ccc1Cl. The van der Waals surface area contributed by atoms with Crippen molar-refractivity contribution in [1.82, 2.24) is 0 Å². The van der Waals surface area contributed by atoms with Crippen molar-refractivity contribution in [3.63, 3.8) is 0 Å². The van der Waals surface area contributed by atoms with Crippen molar-refractivity contribution >= 4 is 11.6 Å². The number of azide groups is 1. The molecule has 0 bridgehead atoms. The lowest BCUT2D eigenvalue weighted by Crippen LogP contribution is -2.06. The Morgan fingerprint density at radius 1 is 1.35 bits per heavy atom. The molecule has 0 radical (unpaired) electrons. The van der Waals surface area contributed by atoms with Gasteiger partial charge in [-0.1, -0.05) is 49.6 Å². The molecule has 0 spiro atoms. The topological polar surface area (TPSA) is 48.8 Å². The van der Waals surface area contributed by atoms with Crippen molar-refractivity contribution in [2.45, 2.75) is 40.2 Å². The Hall–Kier alpha value is -1.18. The maximum absolute atomic E-state index is 8.29. The maximum atomic E-state index is 8.29. The quantitative estimate of drug-likeness (QED) is 0.405. The lowest BCUT2D eigenvalue weighted by atomic mass is 9.88. The summed E-state index contributed by atoms with van der Waals surface area (Å²) >= 11 is 6.16. The van der Waals surface area contributed by atoms with E-state index >= 15 is 0 Å². The first kappa shape index (κ1) is 13.9. The van der Waals surface area contributed by atoms with Crippen molar-refractivity contribution in [2.24, 2.45) is 10.5 Å². The number of hydrogen-bond acceptors (Lipinski definition) is 1. The van der Waals surface area contributed by atoms with Crippen LogP contribution in [0.3, 0.4) is 0 Å². The first-order valence-electron chi connectivity index (χ1n) is 5.70. The summed E-state index contributed by atoms with van der Waals surface area (Å²) < 4.78 is 0. The Morgan fingerprint density at radius 2 is 2.06 bits per heavy atom. The lowest BCUT2D eigenvalue weighted by molar-refractivity contribution is 0.378. The van der Waals surface area contributed by atoms with Crippen LogP contribution in [0.1, 0.15) is 38.3 Å². The molecule has 0 atom stereocenters. The Balaban J connectivity index is 2.79. The minimum atomic E-state index is 0.296. The van der Waals surface area contributed by atoms with E-state index in [1.807, 2.05) is 18.2 Å². The highest BCUT2D eigenvalue weighted by Crippen LogP contribution is 2.25. The van der Waals surface area contributed by atoms with Gasteiger partial charge in [0, 0.05) is 9.93 Å². The molecule has 0 amide bonds. The number of rotatable bonds is 4. The fourth-order valence-corrected chi connectivity index (χ4v) is 1.75. The van der Waals surface area contributed by atoms with Crippen LogP contribution in [0.15, 0.2) is 23.3 Å². The molecule has 17 heavy (non-hydrogen) atoms. The van der Waals surface area contributed by atoms with Gasteiger partial charge in [0.2, 0.25) is 0 Å². The summed E-state index contributed by atoms with van der Waals surface area (Å²) in [5.41, 5.74) is 10.7. The van der Waals surface area contributed by atoms with Crippen LogP contribution in [0, 0.1) is 5.41 Å². The third kappa shape index (κ3) is 5.12. The van der Waals surface area contributed by atoms with Crippen molar-refractivity contribution < 1.29 is 0 Å². The monoisotopic (exact) mass is 251 g/mol. The third-order valence-electron chi connectivity index (χ3n) is 2.57.